The van der Waals surface area contributed by atoms with Crippen LogP contribution in [-0.4, -0.2) is 5.97 Å². The first-order chi connectivity index (χ1) is 8.17. The lowest BCUT2D eigenvalue weighted by atomic mass is 9.85. The Morgan fingerprint density at radius 1 is 1.12 bits per heavy atom. The Labute approximate surface area is 102 Å². The molecule has 1 heterocycles. The fourth-order valence-electron chi connectivity index (χ4n) is 2.96. The van der Waals surface area contributed by atoms with E-state index in [1.807, 2.05) is 6.92 Å². The van der Waals surface area contributed by atoms with Gasteiger partial charge < -0.3 is 4.74 Å². The van der Waals surface area contributed by atoms with Gasteiger partial charge in [-0.2, -0.15) is 0 Å². The number of aryl methyl sites for hydroxylation is 2. The molecule has 1 aromatic carbocycles. The van der Waals surface area contributed by atoms with Gasteiger partial charge in [0, 0.05) is 12.8 Å². The molecule has 0 N–H and O–H groups in total. The van der Waals surface area contributed by atoms with E-state index in [9.17, 15) is 4.79 Å². The van der Waals surface area contributed by atoms with Crippen LogP contribution in [0.25, 0.3) is 0 Å². The fraction of sp³-hybridized carbons (Fsp3) is 0.533. The summed E-state index contributed by atoms with van der Waals surface area (Å²) in [4.78, 5) is 11.3. The monoisotopic (exact) mass is 230 g/mol. The van der Waals surface area contributed by atoms with E-state index in [1.54, 1.807) is 0 Å². The minimum Gasteiger partial charge on any atom is -0.454 e. The van der Waals surface area contributed by atoms with Crippen LogP contribution in [0.15, 0.2) is 18.2 Å². The summed E-state index contributed by atoms with van der Waals surface area (Å²) in [6.45, 7) is 2.03. The summed E-state index contributed by atoms with van der Waals surface area (Å²) in [5.74, 6) is -0.0646. The molecular formula is C15H18O2. The SMILES string of the molecule is CC1(c2ccc3c(c2)CCCC3)CCC(=O)O1. The molecule has 1 aliphatic heterocycles. The van der Waals surface area contributed by atoms with Crippen LogP contribution in [0.1, 0.15) is 49.3 Å². The lowest BCUT2D eigenvalue weighted by Gasteiger charge is -2.25. The van der Waals surface area contributed by atoms with Crippen LogP contribution in [0.5, 0.6) is 0 Å². The molecule has 1 unspecified atom stereocenters. The van der Waals surface area contributed by atoms with Gasteiger partial charge in [0.15, 0.2) is 0 Å². The van der Waals surface area contributed by atoms with Crippen molar-refractivity contribution in [2.75, 3.05) is 0 Å². The smallest absolute Gasteiger partial charge is 0.306 e. The number of esters is 1. The van der Waals surface area contributed by atoms with Crippen molar-refractivity contribution in [1.29, 1.82) is 0 Å². The van der Waals surface area contributed by atoms with E-state index in [4.69, 9.17) is 4.74 Å². The van der Waals surface area contributed by atoms with Crippen molar-refractivity contribution in [3.05, 3.63) is 34.9 Å². The van der Waals surface area contributed by atoms with Crippen LogP contribution in [0.4, 0.5) is 0 Å². The molecule has 90 valence electrons. The number of hydrogen-bond donors (Lipinski definition) is 0. The highest BCUT2D eigenvalue weighted by atomic mass is 16.6. The van der Waals surface area contributed by atoms with Crippen molar-refractivity contribution in [2.24, 2.45) is 0 Å². The fourth-order valence-corrected chi connectivity index (χ4v) is 2.96. The Balaban J connectivity index is 1.96. The van der Waals surface area contributed by atoms with Gasteiger partial charge in [-0.3, -0.25) is 4.79 Å². The molecule has 3 rings (SSSR count). The van der Waals surface area contributed by atoms with Gasteiger partial charge in [-0.25, -0.2) is 0 Å². The highest BCUT2D eigenvalue weighted by Crippen LogP contribution is 2.37. The maximum absolute atomic E-state index is 11.3. The number of fused-ring (bicyclic) bond motifs is 1. The Morgan fingerprint density at radius 2 is 1.88 bits per heavy atom. The molecule has 0 spiro atoms. The molecule has 0 amide bonds. The minimum absolute atomic E-state index is 0.0646. The van der Waals surface area contributed by atoms with Crippen LogP contribution in [0, 0.1) is 0 Å². The summed E-state index contributed by atoms with van der Waals surface area (Å²) in [5.41, 5.74) is 3.72. The van der Waals surface area contributed by atoms with Crippen molar-refractivity contribution in [3.8, 4) is 0 Å². The van der Waals surface area contributed by atoms with Gasteiger partial charge in [0.05, 0.1) is 0 Å². The molecule has 1 aliphatic carbocycles. The summed E-state index contributed by atoms with van der Waals surface area (Å²) < 4.78 is 5.49. The van der Waals surface area contributed by atoms with E-state index in [-0.39, 0.29) is 11.6 Å². The molecule has 0 bridgehead atoms. The second-order valence-electron chi connectivity index (χ2n) is 5.40. The van der Waals surface area contributed by atoms with Crippen LogP contribution >= 0.6 is 0 Å². The Kier molecular flexibility index (Phi) is 2.46. The number of cyclic esters (lactones) is 1. The first kappa shape index (κ1) is 10.8. The summed E-state index contributed by atoms with van der Waals surface area (Å²) >= 11 is 0. The van der Waals surface area contributed by atoms with Crippen molar-refractivity contribution in [2.45, 2.75) is 51.0 Å². The van der Waals surface area contributed by atoms with Gasteiger partial charge in [-0.05, 0) is 49.3 Å². The maximum Gasteiger partial charge on any atom is 0.306 e. The summed E-state index contributed by atoms with van der Waals surface area (Å²) in [6.07, 6.45) is 6.32. The Hall–Kier alpha value is -1.31. The molecule has 2 heteroatoms. The molecule has 1 atom stereocenters. The highest BCUT2D eigenvalue weighted by molar-refractivity contribution is 5.72. The number of hydrogen-bond acceptors (Lipinski definition) is 2. The quantitative estimate of drug-likeness (QED) is 0.693. The number of benzene rings is 1. The van der Waals surface area contributed by atoms with E-state index in [1.165, 1.54) is 42.4 Å². The maximum atomic E-state index is 11.3. The normalized spacial score (nSPS) is 27.7. The van der Waals surface area contributed by atoms with E-state index in [0.717, 1.165) is 6.42 Å². The van der Waals surface area contributed by atoms with Crippen molar-refractivity contribution in [3.63, 3.8) is 0 Å². The number of ether oxygens (including phenoxy) is 1. The minimum atomic E-state index is -0.385. The molecule has 2 nitrogen and oxygen atoms in total. The molecule has 0 saturated carbocycles. The molecule has 17 heavy (non-hydrogen) atoms. The topological polar surface area (TPSA) is 26.3 Å². The average Bonchev–Trinajstić information content (AvgIpc) is 2.70. The van der Waals surface area contributed by atoms with E-state index in [0.29, 0.717) is 6.42 Å². The lowest BCUT2D eigenvalue weighted by Crippen LogP contribution is -2.21. The van der Waals surface area contributed by atoms with E-state index >= 15 is 0 Å². The van der Waals surface area contributed by atoms with Gasteiger partial charge in [0.2, 0.25) is 0 Å². The molecule has 0 radical (unpaired) electrons. The van der Waals surface area contributed by atoms with E-state index in [2.05, 4.69) is 18.2 Å². The first-order valence-corrected chi connectivity index (χ1v) is 6.51. The number of carbonyl (C=O) groups excluding carboxylic acids is 1. The van der Waals surface area contributed by atoms with Crippen LogP contribution < -0.4 is 0 Å². The lowest BCUT2D eigenvalue weighted by molar-refractivity contribution is -0.147. The van der Waals surface area contributed by atoms with Gasteiger partial charge >= 0.3 is 5.97 Å². The summed E-state index contributed by atoms with van der Waals surface area (Å²) in [5, 5.41) is 0. The zero-order valence-corrected chi connectivity index (χ0v) is 10.3. The van der Waals surface area contributed by atoms with Crippen molar-refractivity contribution >= 4 is 5.97 Å². The zero-order valence-electron chi connectivity index (χ0n) is 10.3. The predicted octanol–water partition coefficient (Wildman–Crippen LogP) is 3.12. The second kappa shape index (κ2) is 3.86. The van der Waals surface area contributed by atoms with Gasteiger partial charge in [-0.15, -0.1) is 0 Å². The summed E-state index contributed by atoms with van der Waals surface area (Å²) in [7, 11) is 0. The van der Waals surface area contributed by atoms with Gasteiger partial charge in [0.25, 0.3) is 0 Å². The molecule has 0 aromatic heterocycles. The zero-order chi connectivity index (χ0) is 11.9. The average molecular weight is 230 g/mol. The van der Waals surface area contributed by atoms with Crippen molar-refractivity contribution < 1.29 is 9.53 Å². The van der Waals surface area contributed by atoms with Gasteiger partial charge in [0.1, 0.15) is 5.60 Å². The van der Waals surface area contributed by atoms with Crippen LogP contribution in [-0.2, 0) is 28.0 Å². The first-order valence-electron chi connectivity index (χ1n) is 6.51. The third-order valence-corrected chi connectivity index (χ3v) is 4.10. The molecule has 1 aromatic rings. The van der Waals surface area contributed by atoms with E-state index < -0.39 is 0 Å². The number of carbonyl (C=O) groups is 1. The van der Waals surface area contributed by atoms with Crippen molar-refractivity contribution in [1.82, 2.24) is 0 Å². The third kappa shape index (κ3) is 1.86. The third-order valence-electron chi connectivity index (χ3n) is 4.10. The van der Waals surface area contributed by atoms with Crippen LogP contribution in [0.2, 0.25) is 0 Å². The van der Waals surface area contributed by atoms with Gasteiger partial charge in [-0.1, -0.05) is 18.2 Å². The standard InChI is InChI=1S/C15H18O2/c1-15(9-8-14(16)17-15)13-7-6-11-4-2-3-5-12(11)10-13/h6-7,10H,2-5,8-9H2,1H3. The largest absolute Gasteiger partial charge is 0.454 e. The molecule has 2 aliphatic rings. The number of rotatable bonds is 1. The summed E-state index contributed by atoms with van der Waals surface area (Å²) in [6, 6.07) is 6.62. The molecule has 1 saturated heterocycles. The Morgan fingerprint density at radius 3 is 2.59 bits per heavy atom. The van der Waals surface area contributed by atoms with Crippen LogP contribution in [0.3, 0.4) is 0 Å². The predicted molar refractivity (Wildman–Crippen MR) is 65.8 cm³/mol. The highest BCUT2D eigenvalue weighted by Gasteiger charge is 2.37. The molecular weight excluding hydrogens is 212 g/mol. The Bertz CT molecular complexity index is 464. The second-order valence-corrected chi connectivity index (χ2v) is 5.40. The molecule has 1 fully saturated rings.